The highest BCUT2D eigenvalue weighted by atomic mass is 32.2. The summed E-state index contributed by atoms with van der Waals surface area (Å²) in [6.07, 6.45) is 1.90. The van der Waals surface area contributed by atoms with Crippen LogP contribution >= 0.6 is 24.0 Å². The number of nitrogens with zero attached hydrogens (tertiary/aromatic N) is 2. The number of aliphatic imine (C=N–C) groups is 1. The summed E-state index contributed by atoms with van der Waals surface area (Å²) in [5.41, 5.74) is 1.00. The maximum Gasteiger partial charge on any atom is 0.260 e. The number of quaternary nitrogens is 1. The van der Waals surface area contributed by atoms with Gasteiger partial charge in [0, 0.05) is 17.9 Å². The molecule has 4 nitrogen and oxygen atoms in total. The van der Waals surface area contributed by atoms with Crippen molar-refractivity contribution in [2.45, 2.75) is 25.7 Å². The molecule has 24 heavy (non-hydrogen) atoms. The van der Waals surface area contributed by atoms with Crippen LogP contribution in [0.3, 0.4) is 0 Å². The first-order valence-electron chi connectivity index (χ1n) is 7.86. The van der Waals surface area contributed by atoms with Crippen molar-refractivity contribution in [3.05, 3.63) is 40.8 Å². The molecule has 1 heterocycles. The zero-order chi connectivity index (χ0) is 17.7. The number of thiocarbonyl (C=S) groups is 1. The summed E-state index contributed by atoms with van der Waals surface area (Å²) in [6.45, 7) is 7.41. The van der Waals surface area contributed by atoms with E-state index >= 15 is 0 Å². The smallest absolute Gasteiger partial charge is 0.260 e. The molecule has 2 rings (SSSR count). The van der Waals surface area contributed by atoms with E-state index in [1.165, 1.54) is 23.9 Å². The second-order valence-corrected chi connectivity index (χ2v) is 7.24. The molecular formula is C17H23FN3OS2+. The number of benzene rings is 1. The molecule has 0 fully saturated rings. The number of rotatable bonds is 6. The topological polar surface area (TPSA) is 33.6 Å². The third-order valence-electron chi connectivity index (χ3n) is 3.79. The molecule has 1 aromatic rings. The summed E-state index contributed by atoms with van der Waals surface area (Å²) in [6, 6.07) is 6.61. The van der Waals surface area contributed by atoms with E-state index in [-0.39, 0.29) is 11.7 Å². The van der Waals surface area contributed by atoms with Crippen LogP contribution in [-0.2, 0) is 4.74 Å². The van der Waals surface area contributed by atoms with Crippen LogP contribution in [0.15, 0.2) is 44.9 Å². The first kappa shape index (κ1) is 18.9. The zero-order valence-corrected chi connectivity index (χ0v) is 16.0. The Kier molecular flexibility index (Phi) is 6.37. The van der Waals surface area contributed by atoms with Crippen LogP contribution in [0.5, 0.6) is 0 Å². The molecule has 0 amide bonds. The minimum atomic E-state index is -0.243. The van der Waals surface area contributed by atoms with Gasteiger partial charge in [0.05, 0.1) is 6.54 Å². The summed E-state index contributed by atoms with van der Waals surface area (Å²) >= 11 is 6.63. The number of halogens is 1. The normalized spacial score (nSPS) is 19.9. The van der Waals surface area contributed by atoms with Gasteiger partial charge >= 0.3 is 0 Å². The van der Waals surface area contributed by atoms with E-state index in [9.17, 15) is 4.39 Å². The molecule has 0 saturated heterocycles. The van der Waals surface area contributed by atoms with Gasteiger partial charge in [-0.2, -0.15) is 0 Å². The molecule has 0 bridgehead atoms. The number of ether oxygens (including phenoxy) is 1. The lowest BCUT2D eigenvalue weighted by Crippen LogP contribution is -2.46. The minimum absolute atomic E-state index is 0.243. The van der Waals surface area contributed by atoms with Crippen LogP contribution in [0.1, 0.15) is 20.8 Å². The van der Waals surface area contributed by atoms with Gasteiger partial charge in [-0.15, -0.1) is 0 Å². The molecule has 1 aliphatic heterocycles. The molecule has 7 heteroatoms. The van der Waals surface area contributed by atoms with Crippen LogP contribution in [0.2, 0.25) is 0 Å². The van der Waals surface area contributed by atoms with Gasteiger partial charge in [-0.3, -0.25) is 0 Å². The van der Waals surface area contributed by atoms with Gasteiger partial charge in [0.2, 0.25) is 11.8 Å². The molecule has 1 unspecified atom stereocenters. The van der Waals surface area contributed by atoms with Gasteiger partial charge in [-0.1, -0.05) is 19.9 Å². The van der Waals surface area contributed by atoms with Crippen molar-refractivity contribution < 1.29 is 13.6 Å². The van der Waals surface area contributed by atoms with E-state index in [0.717, 1.165) is 22.2 Å². The van der Waals surface area contributed by atoms with Crippen LogP contribution in [0.25, 0.3) is 0 Å². The van der Waals surface area contributed by atoms with Crippen molar-refractivity contribution in [1.82, 2.24) is 5.32 Å². The molecule has 0 aliphatic carbocycles. The fourth-order valence-electron chi connectivity index (χ4n) is 2.34. The molecule has 0 radical (unpaired) electrons. The van der Waals surface area contributed by atoms with Crippen molar-refractivity contribution in [1.29, 1.82) is 0 Å². The Balaban J connectivity index is 2.35. The summed E-state index contributed by atoms with van der Waals surface area (Å²) in [7, 11) is 1.73. The molecule has 130 valence electrons. The molecule has 1 aliphatic rings. The zero-order valence-electron chi connectivity index (χ0n) is 14.4. The molecule has 1 atom stereocenters. The van der Waals surface area contributed by atoms with E-state index in [1.807, 2.05) is 12.4 Å². The lowest BCUT2D eigenvalue weighted by Gasteiger charge is -2.30. The Bertz CT molecular complexity index is 676. The monoisotopic (exact) mass is 368 g/mol. The maximum absolute atomic E-state index is 13.6. The number of hydrogen-bond donors (Lipinski definition) is 1. The highest BCUT2D eigenvalue weighted by Gasteiger charge is 2.40. The Morgan fingerprint density at radius 1 is 1.46 bits per heavy atom. The summed E-state index contributed by atoms with van der Waals surface area (Å²) in [5, 5.41) is 4.22. The Morgan fingerprint density at radius 2 is 2.21 bits per heavy atom. The molecule has 1 N–H and O–H groups in total. The van der Waals surface area contributed by atoms with Gasteiger partial charge in [0.1, 0.15) is 11.5 Å². The van der Waals surface area contributed by atoms with Gasteiger partial charge in [0.15, 0.2) is 6.34 Å². The number of thioether (sulfide) groups is 1. The van der Waals surface area contributed by atoms with Gasteiger partial charge in [-0.05, 0) is 49.1 Å². The van der Waals surface area contributed by atoms with Crippen LogP contribution in [0, 0.1) is 11.7 Å². The van der Waals surface area contributed by atoms with E-state index in [2.05, 4.69) is 31.1 Å². The Labute approximate surface area is 152 Å². The van der Waals surface area contributed by atoms with Crippen LogP contribution < -0.4 is 5.32 Å². The number of hydrogen-bond acceptors (Lipinski definition) is 4. The highest BCUT2D eigenvalue weighted by Crippen LogP contribution is 2.41. The van der Waals surface area contributed by atoms with Gasteiger partial charge < -0.3 is 10.1 Å². The molecule has 1 aromatic carbocycles. The van der Waals surface area contributed by atoms with Crippen molar-refractivity contribution >= 4 is 35.5 Å². The third-order valence-corrected chi connectivity index (χ3v) is 5.37. The Morgan fingerprint density at radius 3 is 2.79 bits per heavy atom. The van der Waals surface area contributed by atoms with E-state index in [0.29, 0.717) is 16.4 Å². The van der Waals surface area contributed by atoms with Crippen molar-refractivity contribution in [2.75, 3.05) is 20.3 Å². The fourth-order valence-corrected chi connectivity index (χ4v) is 3.74. The van der Waals surface area contributed by atoms with Crippen LogP contribution in [-0.4, -0.2) is 36.3 Å². The molecule has 0 saturated carbocycles. The van der Waals surface area contributed by atoms with E-state index in [1.54, 1.807) is 13.1 Å². The maximum atomic E-state index is 13.6. The lowest BCUT2D eigenvalue weighted by molar-refractivity contribution is -0.803. The number of nitrogens with one attached hydrogen (secondary N) is 1. The predicted molar refractivity (Wildman–Crippen MR) is 101 cm³/mol. The molecule has 0 spiro atoms. The standard InChI is InChI=1S/C17H22FN3OS2/c1-5-21(11-22-17(23)19-4)10-20-15(12(2)3)16(21)24-14-8-6-7-13(18)9-14/h6-10,12H,5,11H2,1-4H3/p+1. The Hall–Kier alpha value is -1.44. The molecular weight excluding hydrogens is 345 g/mol. The SMILES string of the molecule is CC[N+]1(COC(=S)NC)C=NC(C(C)C)=C1Sc1cccc(F)c1. The third kappa shape index (κ3) is 4.15. The minimum Gasteiger partial charge on any atom is -0.419 e. The molecule has 0 aromatic heterocycles. The van der Waals surface area contributed by atoms with Crippen molar-refractivity contribution in [3.8, 4) is 0 Å². The van der Waals surface area contributed by atoms with Crippen molar-refractivity contribution in [3.63, 3.8) is 0 Å². The average Bonchev–Trinajstić information content (AvgIpc) is 2.92. The van der Waals surface area contributed by atoms with Gasteiger partial charge in [-0.25, -0.2) is 13.9 Å². The highest BCUT2D eigenvalue weighted by molar-refractivity contribution is 8.02. The van der Waals surface area contributed by atoms with E-state index in [4.69, 9.17) is 17.0 Å². The first-order valence-corrected chi connectivity index (χ1v) is 9.09. The second kappa shape index (κ2) is 8.09. The largest absolute Gasteiger partial charge is 0.419 e. The summed E-state index contributed by atoms with van der Waals surface area (Å²) < 4.78 is 19.7. The number of allylic oxidation sites excluding steroid dienone is 1. The predicted octanol–water partition coefficient (Wildman–Crippen LogP) is 4.10. The first-order chi connectivity index (χ1) is 11.4. The average molecular weight is 369 g/mol. The van der Waals surface area contributed by atoms with Gasteiger partial charge in [0.25, 0.3) is 5.17 Å². The summed E-state index contributed by atoms with van der Waals surface area (Å²) in [5.74, 6) is 0.0212. The van der Waals surface area contributed by atoms with Crippen LogP contribution in [0.4, 0.5) is 4.39 Å². The van der Waals surface area contributed by atoms with Crippen molar-refractivity contribution in [2.24, 2.45) is 10.9 Å². The second-order valence-electron chi connectivity index (χ2n) is 5.81. The van der Waals surface area contributed by atoms with E-state index < -0.39 is 0 Å². The quantitative estimate of drug-likeness (QED) is 0.605. The summed E-state index contributed by atoms with van der Waals surface area (Å²) in [4.78, 5) is 5.48. The fraction of sp³-hybridized carbons (Fsp3) is 0.412. The lowest BCUT2D eigenvalue weighted by atomic mass is 10.1.